The molecule has 0 aromatic heterocycles. The summed E-state index contributed by atoms with van der Waals surface area (Å²) in [4.78, 5) is 21.7. The lowest BCUT2D eigenvalue weighted by Gasteiger charge is -2.04. The van der Waals surface area contributed by atoms with E-state index in [-0.39, 0.29) is 18.8 Å². The minimum atomic E-state index is -0.830. The maximum atomic E-state index is 11.1. The summed E-state index contributed by atoms with van der Waals surface area (Å²) in [6, 6.07) is 6.29. The van der Waals surface area contributed by atoms with Crippen molar-refractivity contribution >= 4 is 23.5 Å². The summed E-state index contributed by atoms with van der Waals surface area (Å²) in [7, 11) is 0. The molecule has 1 aromatic rings. The standard InChI is InChI=1S/C11H11ClO4/c1-8(13)6-7-15-11(14)16-10-4-2-9(12)3-5-10/h2-5H,6-7H2,1H3. The number of benzene rings is 1. The molecule has 0 unspecified atom stereocenters. The molecule has 0 saturated heterocycles. The molecular weight excluding hydrogens is 232 g/mol. The van der Waals surface area contributed by atoms with Crippen LogP contribution >= 0.6 is 11.6 Å². The number of ether oxygens (including phenoxy) is 2. The number of hydrogen-bond acceptors (Lipinski definition) is 4. The highest BCUT2D eigenvalue weighted by Crippen LogP contribution is 2.15. The number of ketones is 1. The normalized spacial score (nSPS) is 9.62. The van der Waals surface area contributed by atoms with Crippen LogP contribution in [0.25, 0.3) is 0 Å². The molecule has 0 aliphatic rings. The van der Waals surface area contributed by atoms with Crippen molar-refractivity contribution in [1.29, 1.82) is 0 Å². The third kappa shape index (κ3) is 4.79. The van der Waals surface area contributed by atoms with Gasteiger partial charge >= 0.3 is 6.16 Å². The average Bonchev–Trinajstić information content (AvgIpc) is 2.21. The zero-order valence-electron chi connectivity index (χ0n) is 8.73. The summed E-state index contributed by atoms with van der Waals surface area (Å²) in [5.74, 6) is 0.302. The van der Waals surface area contributed by atoms with Crippen LogP contribution in [-0.4, -0.2) is 18.5 Å². The molecule has 1 rings (SSSR count). The minimum Gasteiger partial charge on any atom is -0.434 e. The van der Waals surface area contributed by atoms with Gasteiger partial charge in [0.1, 0.15) is 18.1 Å². The van der Waals surface area contributed by atoms with Crippen LogP contribution in [0.3, 0.4) is 0 Å². The van der Waals surface area contributed by atoms with Crippen LogP contribution < -0.4 is 4.74 Å². The topological polar surface area (TPSA) is 52.6 Å². The molecule has 1 aromatic carbocycles. The first-order chi connectivity index (χ1) is 7.58. The van der Waals surface area contributed by atoms with E-state index in [2.05, 4.69) is 4.74 Å². The second-order valence-corrected chi connectivity index (χ2v) is 3.54. The fourth-order valence-corrected chi connectivity index (χ4v) is 1.03. The van der Waals surface area contributed by atoms with Gasteiger partial charge in [0.05, 0.1) is 0 Å². The predicted molar refractivity (Wildman–Crippen MR) is 58.7 cm³/mol. The number of carbonyl (C=O) groups excluding carboxylic acids is 2. The molecule has 0 radical (unpaired) electrons. The van der Waals surface area contributed by atoms with Crippen molar-refractivity contribution in [2.75, 3.05) is 6.61 Å². The van der Waals surface area contributed by atoms with Gasteiger partial charge in [-0.1, -0.05) is 11.6 Å². The van der Waals surface area contributed by atoms with Gasteiger partial charge in [-0.25, -0.2) is 4.79 Å². The van der Waals surface area contributed by atoms with Crippen molar-refractivity contribution in [3.05, 3.63) is 29.3 Å². The van der Waals surface area contributed by atoms with Crippen LogP contribution in [0.2, 0.25) is 5.02 Å². The van der Waals surface area contributed by atoms with Gasteiger partial charge in [-0.05, 0) is 31.2 Å². The molecule has 0 aliphatic heterocycles. The minimum absolute atomic E-state index is 0.0295. The van der Waals surface area contributed by atoms with Crippen molar-refractivity contribution < 1.29 is 19.1 Å². The molecular formula is C11H11ClO4. The van der Waals surface area contributed by atoms with Crippen LogP contribution in [0.4, 0.5) is 4.79 Å². The SMILES string of the molecule is CC(=O)CCOC(=O)Oc1ccc(Cl)cc1. The number of hydrogen-bond donors (Lipinski definition) is 0. The first kappa shape index (κ1) is 12.5. The van der Waals surface area contributed by atoms with Gasteiger partial charge in [0.25, 0.3) is 0 Å². The number of Topliss-reactive ketones (excluding diaryl/α,β-unsaturated/α-hetero) is 1. The molecule has 86 valence electrons. The van der Waals surface area contributed by atoms with E-state index in [1.165, 1.54) is 6.92 Å². The molecule has 0 fully saturated rings. The van der Waals surface area contributed by atoms with E-state index in [1.54, 1.807) is 24.3 Å². The van der Waals surface area contributed by atoms with Gasteiger partial charge in [-0.15, -0.1) is 0 Å². The van der Waals surface area contributed by atoms with Crippen molar-refractivity contribution in [2.24, 2.45) is 0 Å². The summed E-state index contributed by atoms with van der Waals surface area (Å²) >= 11 is 5.66. The van der Waals surface area contributed by atoms with Crippen LogP contribution in [-0.2, 0) is 9.53 Å². The summed E-state index contributed by atoms with van der Waals surface area (Å²) in [5, 5.41) is 0.553. The highest BCUT2D eigenvalue weighted by molar-refractivity contribution is 6.30. The van der Waals surface area contributed by atoms with Gasteiger partial charge in [0, 0.05) is 11.4 Å². The van der Waals surface area contributed by atoms with Gasteiger partial charge in [0.2, 0.25) is 0 Å². The van der Waals surface area contributed by atoms with Gasteiger partial charge in [-0.2, -0.15) is 0 Å². The van der Waals surface area contributed by atoms with Gasteiger partial charge in [-0.3, -0.25) is 4.79 Å². The van der Waals surface area contributed by atoms with Crippen molar-refractivity contribution in [1.82, 2.24) is 0 Å². The first-order valence-electron chi connectivity index (χ1n) is 4.67. The van der Waals surface area contributed by atoms with E-state index in [0.717, 1.165) is 0 Å². The molecule has 0 N–H and O–H groups in total. The van der Waals surface area contributed by atoms with Crippen molar-refractivity contribution in [3.63, 3.8) is 0 Å². The Morgan fingerprint density at radius 3 is 2.44 bits per heavy atom. The molecule has 0 spiro atoms. The molecule has 0 amide bonds. The highest BCUT2D eigenvalue weighted by atomic mass is 35.5. The number of carbonyl (C=O) groups is 2. The third-order valence-electron chi connectivity index (χ3n) is 1.69. The van der Waals surface area contributed by atoms with Gasteiger partial charge in [0.15, 0.2) is 0 Å². The Morgan fingerprint density at radius 2 is 1.88 bits per heavy atom. The van der Waals surface area contributed by atoms with Gasteiger partial charge < -0.3 is 9.47 Å². The molecule has 0 heterocycles. The Kier molecular flexibility index (Phi) is 4.79. The van der Waals surface area contributed by atoms with E-state index >= 15 is 0 Å². The summed E-state index contributed by atoms with van der Waals surface area (Å²) in [6.45, 7) is 1.45. The maximum Gasteiger partial charge on any atom is 0.513 e. The smallest absolute Gasteiger partial charge is 0.434 e. The summed E-state index contributed by atoms with van der Waals surface area (Å²) in [5.41, 5.74) is 0. The fourth-order valence-electron chi connectivity index (χ4n) is 0.906. The lowest BCUT2D eigenvalue weighted by molar-refractivity contribution is -0.117. The first-order valence-corrected chi connectivity index (χ1v) is 5.05. The van der Waals surface area contributed by atoms with E-state index in [4.69, 9.17) is 16.3 Å². The molecule has 16 heavy (non-hydrogen) atoms. The lowest BCUT2D eigenvalue weighted by atomic mass is 10.3. The Balaban J connectivity index is 2.34. The number of halogens is 1. The predicted octanol–water partition coefficient (Wildman–Crippen LogP) is 2.83. The lowest BCUT2D eigenvalue weighted by Crippen LogP contribution is -2.12. The Morgan fingerprint density at radius 1 is 1.25 bits per heavy atom. The summed E-state index contributed by atoms with van der Waals surface area (Å²) in [6.07, 6.45) is -0.640. The monoisotopic (exact) mass is 242 g/mol. The zero-order valence-corrected chi connectivity index (χ0v) is 9.49. The Bertz CT molecular complexity index is 372. The van der Waals surface area contributed by atoms with Crippen LogP contribution in [0, 0.1) is 0 Å². The molecule has 0 aliphatic carbocycles. The largest absolute Gasteiger partial charge is 0.513 e. The molecule has 0 atom stereocenters. The van der Waals surface area contributed by atoms with E-state index < -0.39 is 6.16 Å². The Labute approximate surface area is 98.1 Å². The molecule has 4 nitrogen and oxygen atoms in total. The van der Waals surface area contributed by atoms with Crippen LogP contribution in [0.15, 0.2) is 24.3 Å². The second kappa shape index (κ2) is 6.12. The summed E-state index contributed by atoms with van der Waals surface area (Å²) < 4.78 is 9.49. The third-order valence-corrected chi connectivity index (χ3v) is 1.94. The quantitative estimate of drug-likeness (QED) is 0.602. The maximum absolute atomic E-state index is 11.1. The molecule has 5 heteroatoms. The fraction of sp³-hybridized carbons (Fsp3) is 0.273. The zero-order chi connectivity index (χ0) is 12.0. The van der Waals surface area contributed by atoms with E-state index in [0.29, 0.717) is 10.8 Å². The Hall–Kier alpha value is -1.55. The van der Waals surface area contributed by atoms with E-state index in [9.17, 15) is 9.59 Å². The highest BCUT2D eigenvalue weighted by Gasteiger charge is 2.06. The van der Waals surface area contributed by atoms with Crippen molar-refractivity contribution in [2.45, 2.75) is 13.3 Å². The molecule has 0 bridgehead atoms. The van der Waals surface area contributed by atoms with Crippen LogP contribution in [0.5, 0.6) is 5.75 Å². The van der Waals surface area contributed by atoms with Crippen molar-refractivity contribution in [3.8, 4) is 5.75 Å². The average molecular weight is 243 g/mol. The van der Waals surface area contributed by atoms with Crippen LogP contribution in [0.1, 0.15) is 13.3 Å². The molecule has 0 saturated carbocycles. The second-order valence-electron chi connectivity index (χ2n) is 3.11. The van der Waals surface area contributed by atoms with E-state index in [1.807, 2.05) is 0 Å². The number of rotatable bonds is 4.